The summed E-state index contributed by atoms with van der Waals surface area (Å²) in [6, 6.07) is 21.7. The minimum atomic E-state index is -0.555. The first-order chi connectivity index (χ1) is 17.0. The van der Waals surface area contributed by atoms with Crippen molar-refractivity contribution in [1.82, 2.24) is 9.80 Å². The number of hydrogen-bond acceptors (Lipinski definition) is 4. The first-order valence-corrected chi connectivity index (χ1v) is 11.7. The zero-order valence-electron chi connectivity index (χ0n) is 19.8. The van der Waals surface area contributed by atoms with Gasteiger partial charge >= 0.3 is 0 Å². The molecule has 0 radical (unpaired) electrons. The molecule has 1 heterocycles. The van der Waals surface area contributed by atoms with Crippen LogP contribution < -0.4 is 10.5 Å². The second-order valence-corrected chi connectivity index (χ2v) is 8.48. The van der Waals surface area contributed by atoms with Gasteiger partial charge in [0, 0.05) is 37.3 Å². The van der Waals surface area contributed by atoms with E-state index in [1.165, 1.54) is 5.56 Å². The van der Waals surface area contributed by atoms with Crippen LogP contribution in [0.25, 0.3) is 0 Å². The number of rotatable bonds is 7. The topological polar surface area (TPSA) is 92.9 Å². The molecule has 0 aliphatic carbocycles. The second kappa shape index (κ2) is 10.9. The van der Waals surface area contributed by atoms with E-state index in [1.807, 2.05) is 36.4 Å². The van der Waals surface area contributed by atoms with Gasteiger partial charge in [0.05, 0.1) is 5.56 Å². The van der Waals surface area contributed by atoms with Crippen molar-refractivity contribution in [3.63, 3.8) is 0 Å². The van der Waals surface area contributed by atoms with E-state index < -0.39 is 5.91 Å². The van der Waals surface area contributed by atoms with Crippen molar-refractivity contribution in [2.75, 3.05) is 26.2 Å². The van der Waals surface area contributed by atoms with E-state index >= 15 is 0 Å². The van der Waals surface area contributed by atoms with Crippen molar-refractivity contribution >= 4 is 17.7 Å². The van der Waals surface area contributed by atoms with Crippen LogP contribution in [-0.4, -0.2) is 53.7 Å². The monoisotopic (exact) mass is 471 g/mol. The van der Waals surface area contributed by atoms with Gasteiger partial charge in [-0.1, -0.05) is 43.3 Å². The third kappa shape index (κ3) is 5.69. The number of carbonyl (C=O) groups excluding carboxylic acids is 3. The molecule has 2 N–H and O–H groups in total. The molecule has 3 amide bonds. The normalized spacial score (nSPS) is 13.4. The first kappa shape index (κ1) is 24.0. The van der Waals surface area contributed by atoms with E-state index in [9.17, 15) is 14.4 Å². The zero-order chi connectivity index (χ0) is 24.8. The number of piperazine rings is 1. The van der Waals surface area contributed by atoms with Crippen LogP contribution in [0, 0.1) is 0 Å². The number of nitrogens with two attached hydrogens (primary N) is 1. The van der Waals surface area contributed by atoms with Gasteiger partial charge in [-0.3, -0.25) is 14.4 Å². The fourth-order valence-corrected chi connectivity index (χ4v) is 4.11. The maximum atomic E-state index is 13.1. The number of primary amides is 1. The summed E-state index contributed by atoms with van der Waals surface area (Å²) in [7, 11) is 0. The molecule has 0 aromatic heterocycles. The molecule has 0 unspecified atom stereocenters. The number of amides is 3. The van der Waals surface area contributed by atoms with E-state index in [-0.39, 0.29) is 18.4 Å². The average molecular weight is 472 g/mol. The van der Waals surface area contributed by atoms with Crippen LogP contribution in [0.2, 0.25) is 0 Å². The number of carbonyl (C=O) groups is 3. The summed E-state index contributed by atoms with van der Waals surface area (Å²) in [6.07, 6.45) is 0.934. The zero-order valence-corrected chi connectivity index (χ0v) is 19.8. The molecule has 35 heavy (non-hydrogen) atoms. The Morgan fingerprint density at radius 2 is 1.40 bits per heavy atom. The maximum absolute atomic E-state index is 13.1. The summed E-state index contributed by atoms with van der Waals surface area (Å²) in [5.41, 5.74) is 8.96. The van der Waals surface area contributed by atoms with Crippen LogP contribution in [0.1, 0.15) is 49.1 Å². The van der Waals surface area contributed by atoms with Gasteiger partial charge in [0.1, 0.15) is 12.4 Å². The Labute approximate surface area is 205 Å². The predicted octanol–water partition coefficient (Wildman–Crippen LogP) is 3.53. The summed E-state index contributed by atoms with van der Waals surface area (Å²) in [5, 5.41) is 0. The Hall–Kier alpha value is -4.13. The summed E-state index contributed by atoms with van der Waals surface area (Å²) in [4.78, 5) is 41.1. The average Bonchev–Trinajstić information content (AvgIpc) is 2.91. The Morgan fingerprint density at radius 3 is 2.03 bits per heavy atom. The highest BCUT2D eigenvalue weighted by atomic mass is 16.5. The summed E-state index contributed by atoms with van der Waals surface area (Å²) < 4.78 is 5.79. The Bertz CT molecular complexity index is 1210. The summed E-state index contributed by atoms with van der Waals surface area (Å²) in [6.45, 7) is 4.22. The third-order valence-corrected chi connectivity index (χ3v) is 6.18. The predicted molar refractivity (Wildman–Crippen MR) is 133 cm³/mol. The van der Waals surface area contributed by atoms with Crippen LogP contribution >= 0.6 is 0 Å². The van der Waals surface area contributed by atoms with Crippen molar-refractivity contribution in [2.45, 2.75) is 20.0 Å². The third-order valence-electron chi connectivity index (χ3n) is 6.18. The van der Waals surface area contributed by atoms with Gasteiger partial charge in [-0.15, -0.1) is 0 Å². The quantitative estimate of drug-likeness (QED) is 0.571. The molecular formula is C28H29N3O4. The number of hydrogen-bond donors (Lipinski definition) is 1. The van der Waals surface area contributed by atoms with Crippen molar-refractivity contribution in [1.29, 1.82) is 0 Å². The largest absolute Gasteiger partial charge is 0.488 e. The van der Waals surface area contributed by atoms with Crippen molar-refractivity contribution in [3.05, 3.63) is 101 Å². The van der Waals surface area contributed by atoms with Gasteiger partial charge in [0.15, 0.2) is 0 Å². The van der Waals surface area contributed by atoms with E-state index in [0.29, 0.717) is 48.6 Å². The van der Waals surface area contributed by atoms with E-state index in [0.717, 1.165) is 12.0 Å². The molecule has 0 bridgehead atoms. The molecule has 1 aliphatic rings. The number of para-hydroxylation sites is 1. The van der Waals surface area contributed by atoms with Crippen molar-refractivity contribution in [2.24, 2.45) is 5.73 Å². The minimum absolute atomic E-state index is 0.00450. The molecule has 7 heteroatoms. The fourth-order valence-electron chi connectivity index (χ4n) is 4.11. The van der Waals surface area contributed by atoms with Crippen LogP contribution in [0.3, 0.4) is 0 Å². The Balaban J connectivity index is 1.35. The Morgan fingerprint density at radius 1 is 0.771 bits per heavy atom. The molecule has 0 spiro atoms. The molecule has 4 rings (SSSR count). The molecule has 1 saturated heterocycles. The maximum Gasteiger partial charge on any atom is 0.253 e. The van der Waals surface area contributed by atoms with Crippen LogP contribution in [-0.2, 0) is 13.0 Å². The Kier molecular flexibility index (Phi) is 7.45. The highest BCUT2D eigenvalue weighted by molar-refractivity contribution is 5.96. The molecule has 0 saturated carbocycles. The van der Waals surface area contributed by atoms with Gasteiger partial charge in [0.2, 0.25) is 0 Å². The SMILES string of the molecule is CCc1ccc(C(=O)N2CCN(C(=O)c3cccc(COc4ccccc4C(N)=O)c3)CC2)cc1. The van der Waals surface area contributed by atoms with Gasteiger partial charge in [-0.25, -0.2) is 0 Å². The molecule has 0 atom stereocenters. The molecule has 1 fully saturated rings. The number of ether oxygens (including phenoxy) is 1. The highest BCUT2D eigenvalue weighted by Crippen LogP contribution is 2.20. The number of aryl methyl sites for hydroxylation is 1. The van der Waals surface area contributed by atoms with Gasteiger partial charge in [0.25, 0.3) is 17.7 Å². The summed E-state index contributed by atoms with van der Waals surface area (Å²) >= 11 is 0. The minimum Gasteiger partial charge on any atom is -0.488 e. The lowest BCUT2D eigenvalue weighted by Gasteiger charge is -2.35. The standard InChI is InChI=1S/C28H29N3O4/c1-2-20-10-12-22(13-11-20)27(33)30-14-16-31(17-15-30)28(34)23-7-5-6-21(18-23)19-35-25-9-4-3-8-24(25)26(29)32/h3-13,18H,2,14-17,19H2,1H3,(H2,29,32). The van der Waals surface area contributed by atoms with E-state index in [1.54, 1.807) is 46.2 Å². The lowest BCUT2D eigenvalue weighted by atomic mass is 10.1. The highest BCUT2D eigenvalue weighted by Gasteiger charge is 2.25. The smallest absolute Gasteiger partial charge is 0.253 e. The molecule has 3 aromatic rings. The van der Waals surface area contributed by atoms with Crippen molar-refractivity contribution in [3.8, 4) is 5.75 Å². The van der Waals surface area contributed by atoms with E-state index in [2.05, 4.69) is 6.92 Å². The van der Waals surface area contributed by atoms with Gasteiger partial charge in [-0.05, 0) is 53.9 Å². The molecule has 3 aromatic carbocycles. The molecule has 7 nitrogen and oxygen atoms in total. The first-order valence-electron chi connectivity index (χ1n) is 11.7. The molecule has 180 valence electrons. The van der Waals surface area contributed by atoms with Crippen LogP contribution in [0.15, 0.2) is 72.8 Å². The lowest BCUT2D eigenvalue weighted by molar-refractivity contribution is 0.0535. The van der Waals surface area contributed by atoms with Gasteiger partial charge in [-0.2, -0.15) is 0 Å². The van der Waals surface area contributed by atoms with Gasteiger partial charge < -0.3 is 20.3 Å². The lowest BCUT2D eigenvalue weighted by Crippen LogP contribution is -2.50. The number of benzene rings is 3. The second-order valence-electron chi connectivity index (χ2n) is 8.48. The fraction of sp³-hybridized carbons (Fsp3) is 0.250. The molecule has 1 aliphatic heterocycles. The van der Waals surface area contributed by atoms with Crippen LogP contribution in [0.5, 0.6) is 5.75 Å². The molecular weight excluding hydrogens is 442 g/mol. The van der Waals surface area contributed by atoms with Crippen LogP contribution in [0.4, 0.5) is 0 Å². The van der Waals surface area contributed by atoms with Crippen molar-refractivity contribution < 1.29 is 19.1 Å². The van der Waals surface area contributed by atoms with E-state index in [4.69, 9.17) is 10.5 Å². The number of nitrogens with zero attached hydrogens (tertiary/aromatic N) is 2. The summed E-state index contributed by atoms with van der Waals surface area (Å²) in [5.74, 6) is -0.235.